The number of pyridine rings is 1. The summed E-state index contributed by atoms with van der Waals surface area (Å²) < 4.78 is 0. The predicted octanol–water partition coefficient (Wildman–Crippen LogP) is 0.706. The molecule has 98 valence electrons. The van der Waals surface area contributed by atoms with Crippen molar-refractivity contribution in [3.05, 3.63) is 24.5 Å². The lowest BCUT2D eigenvalue weighted by Gasteiger charge is -2.26. The summed E-state index contributed by atoms with van der Waals surface area (Å²) in [6.07, 6.45) is 4.84. The molecule has 2 N–H and O–H groups in total. The second-order valence-corrected chi connectivity index (χ2v) is 4.48. The van der Waals surface area contributed by atoms with Crippen LogP contribution in [-0.2, 0) is 4.79 Å². The van der Waals surface area contributed by atoms with Gasteiger partial charge in [-0.15, -0.1) is 0 Å². The van der Waals surface area contributed by atoms with Crippen molar-refractivity contribution in [2.24, 2.45) is 0 Å². The summed E-state index contributed by atoms with van der Waals surface area (Å²) in [5.41, 5.74) is 0.817. The summed E-state index contributed by atoms with van der Waals surface area (Å²) in [5.74, 6) is 0.0799. The second kappa shape index (κ2) is 7.08. The van der Waals surface area contributed by atoms with Crippen LogP contribution >= 0.6 is 0 Å². The first-order valence-electron chi connectivity index (χ1n) is 6.47. The Morgan fingerprint density at radius 2 is 2.06 bits per heavy atom. The van der Waals surface area contributed by atoms with Gasteiger partial charge in [0.1, 0.15) is 0 Å². The fraction of sp³-hybridized carbons (Fsp3) is 0.538. The molecular weight excluding hydrogens is 228 g/mol. The molecule has 2 heterocycles. The molecule has 0 saturated carbocycles. The van der Waals surface area contributed by atoms with Gasteiger partial charge in [0.25, 0.3) is 0 Å². The van der Waals surface area contributed by atoms with E-state index >= 15 is 0 Å². The number of aromatic nitrogens is 1. The molecule has 0 aromatic carbocycles. The number of carbonyl (C=O) groups is 1. The third-order valence-electron chi connectivity index (χ3n) is 3.05. The Morgan fingerprint density at radius 3 is 2.78 bits per heavy atom. The van der Waals surface area contributed by atoms with Gasteiger partial charge in [-0.05, 0) is 25.1 Å². The third kappa shape index (κ3) is 4.43. The summed E-state index contributed by atoms with van der Waals surface area (Å²) in [6, 6.07) is 3.60. The van der Waals surface area contributed by atoms with Crippen LogP contribution in [0.3, 0.4) is 0 Å². The molecule has 1 fully saturated rings. The molecular formula is C13H20N4O. The normalized spacial score (nSPS) is 16.4. The lowest BCUT2D eigenvalue weighted by molar-refractivity contribution is -0.116. The molecule has 5 heteroatoms. The molecule has 0 bridgehead atoms. The van der Waals surface area contributed by atoms with Crippen LogP contribution in [0.1, 0.15) is 12.8 Å². The van der Waals surface area contributed by atoms with Crippen LogP contribution in [0.15, 0.2) is 24.5 Å². The van der Waals surface area contributed by atoms with Crippen molar-refractivity contribution in [1.82, 2.24) is 15.2 Å². The Labute approximate surface area is 108 Å². The third-order valence-corrected chi connectivity index (χ3v) is 3.05. The van der Waals surface area contributed by atoms with E-state index in [4.69, 9.17) is 0 Å². The molecule has 1 saturated heterocycles. The zero-order valence-corrected chi connectivity index (χ0v) is 10.6. The largest absolute Gasteiger partial charge is 0.326 e. The molecule has 1 aliphatic rings. The van der Waals surface area contributed by atoms with E-state index in [1.807, 2.05) is 0 Å². The Morgan fingerprint density at radius 1 is 1.33 bits per heavy atom. The van der Waals surface area contributed by atoms with E-state index in [-0.39, 0.29) is 5.91 Å². The van der Waals surface area contributed by atoms with E-state index in [2.05, 4.69) is 20.5 Å². The van der Waals surface area contributed by atoms with Crippen molar-refractivity contribution in [3.8, 4) is 0 Å². The molecule has 18 heavy (non-hydrogen) atoms. The number of hydrogen-bond donors (Lipinski definition) is 2. The van der Waals surface area contributed by atoms with Crippen molar-refractivity contribution in [1.29, 1.82) is 0 Å². The number of amides is 1. The van der Waals surface area contributed by atoms with Gasteiger partial charge in [-0.25, -0.2) is 0 Å². The number of rotatable bonds is 5. The van der Waals surface area contributed by atoms with Gasteiger partial charge in [0.05, 0.1) is 0 Å². The van der Waals surface area contributed by atoms with E-state index in [1.54, 1.807) is 24.5 Å². The van der Waals surface area contributed by atoms with E-state index in [9.17, 15) is 4.79 Å². The number of anilines is 1. The van der Waals surface area contributed by atoms with Gasteiger partial charge in [0, 0.05) is 50.7 Å². The lowest BCUT2D eigenvalue weighted by Crippen LogP contribution is -2.43. The van der Waals surface area contributed by atoms with Gasteiger partial charge in [-0.2, -0.15) is 0 Å². The molecule has 0 atom stereocenters. The predicted molar refractivity (Wildman–Crippen MR) is 71.4 cm³/mol. The van der Waals surface area contributed by atoms with E-state index in [1.165, 1.54) is 0 Å². The molecule has 0 spiro atoms. The molecule has 1 aliphatic heterocycles. The average molecular weight is 248 g/mol. The summed E-state index contributed by atoms with van der Waals surface area (Å²) in [6.45, 7) is 5.30. The average Bonchev–Trinajstić information content (AvgIpc) is 2.41. The molecule has 1 aromatic rings. The van der Waals surface area contributed by atoms with Crippen molar-refractivity contribution >= 4 is 11.6 Å². The molecule has 2 rings (SSSR count). The van der Waals surface area contributed by atoms with Crippen LogP contribution in [0, 0.1) is 0 Å². The van der Waals surface area contributed by atoms with Crippen molar-refractivity contribution in [3.63, 3.8) is 0 Å². The van der Waals surface area contributed by atoms with Crippen LogP contribution in [0.2, 0.25) is 0 Å². The fourth-order valence-corrected chi connectivity index (χ4v) is 2.06. The first-order valence-corrected chi connectivity index (χ1v) is 6.47. The SMILES string of the molecule is O=C(CCCN1CCNCC1)Nc1ccncc1. The second-order valence-electron chi connectivity index (χ2n) is 4.48. The maximum Gasteiger partial charge on any atom is 0.224 e. The molecule has 0 unspecified atom stereocenters. The number of nitrogens with one attached hydrogen (secondary N) is 2. The Balaban J connectivity index is 1.62. The van der Waals surface area contributed by atoms with Crippen LogP contribution < -0.4 is 10.6 Å². The zero-order valence-electron chi connectivity index (χ0n) is 10.6. The van der Waals surface area contributed by atoms with E-state index in [0.717, 1.165) is 44.8 Å². The van der Waals surface area contributed by atoms with Gasteiger partial charge >= 0.3 is 0 Å². The maximum atomic E-state index is 11.7. The maximum absolute atomic E-state index is 11.7. The lowest BCUT2D eigenvalue weighted by atomic mass is 10.2. The highest BCUT2D eigenvalue weighted by Crippen LogP contribution is 2.05. The van der Waals surface area contributed by atoms with Gasteiger partial charge in [-0.1, -0.05) is 0 Å². The smallest absolute Gasteiger partial charge is 0.224 e. The minimum atomic E-state index is 0.0799. The monoisotopic (exact) mass is 248 g/mol. The summed E-state index contributed by atoms with van der Waals surface area (Å²) in [4.78, 5) is 18.0. The highest BCUT2D eigenvalue weighted by atomic mass is 16.1. The summed E-state index contributed by atoms with van der Waals surface area (Å²) in [7, 11) is 0. The van der Waals surface area contributed by atoms with Gasteiger partial charge in [-0.3, -0.25) is 9.78 Å². The minimum Gasteiger partial charge on any atom is -0.326 e. The zero-order chi connectivity index (χ0) is 12.6. The molecule has 1 aromatic heterocycles. The van der Waals surface area contributed by atoms with Gasteiger partial charge < -0.3 is 15.5 Å². The van der Waals surface area contributed by atoms with E-state index < -0.39 is 0 Å². The fourth-order valence-electron chi connectivity index (χ4n) is 2.06. The van der Waals surface area contributed by atoms with Crippen LogP contribution in [0.5, 0.6) is 0 Å². The van der Waals surface area contributed by atoms with Crippen LogP contribution in [0.25, 0.3) is 0 Å². The van der Waals surface area contributed by atoms with Crippen LogP contribution in [-0.4, -0.2) is 48.5 Å². The molecule has 5 nitrogen and oxygen atoms in total. The molecule has 0 aliphatic carbocycles. The quantitative estimate of drug-likeness (QED) is 0.805. The van der Waals surface area contributed by atoms with Crippen molar-refractivity contribution in [2.75, 3.05) is 38.0 Å². The van der Waals surface area contributed by atoms with Crippen LogP contribution in [0.4, 0.5) is 5.69 Å². The number of hydrogen-bond acceptors (Lipinski definition) is 4. The summed E-state index contributed by atoms with van der Waals surface area (Å²) in [5, 5.41) is 6.19. The topological polar surface area (TPSA) is 57.3 Å². The van der Waals surface area contributed by atoms with Gasteiger partial charge in [0.2, 0.25) is 5.91 Å². The Bertz CT molecular complexity index is 363. The molecule has 0 radical (unpaired) electrons. The highest BCUT2D eigenvalue weighted by Gasteiger charge is 2.09. The number of carbonyl (C=O) groups excluding carboxylic acids is 1. The number of nitrogens with zero attached hydrogens (tertiary/aromatic N) is 2. The number of piperazine rings is 1. The van der Waals surface area contributed by atoms with Crippen molar-refractivity contribution < 1.29 is 4.79 Å². The van der Waals surface area contributed by atoms with Gasteiger partial charge in [0.15, 0.2) is 0 Å². The first kappa shape index (κ1) is 13.0. The van der Waals surface area contributed by atoms with E-state index in [0.29, 0.717) is 6.42 Å². The standard InChI is InChI=1S/C13H20N4O/c18-13(16-12-3-5-14-6-4-12)2-1-9-17-10-7-15-8-11-17/h3-6,15H,1-2,7-11H2,(H,14,16,18). The molecule has 1 amide bonds. The first-order chi connectivity index (χ1) is 8.84. The van der Waals surface area contributed by atoms with Crippen molar-refractivity contribution in [2.45, 2.75) is 12.8 Å². The minimum absolute atomic E-state index is 0.0799. The highest BCUT2D eigenvalue weighted by molar-refractivity contribution is 5.90. The Hall–Kier alpha value is -1.46. The Kier molecular flexibility index (Phi) is 5.11. The summed E-state index contributed by atoms with van der Waals surface area (Å²) >= 11 is 0.